The number of ether oxygens (including phenoxy) is 1. The Bertz CT molecular complexity index is 144. The highest BCUT2D eigenvalue weighted by molar-refractivity contribution is 9.11. The number of rotatable bonds is 4. The number of carbonyl (C=O) groups is 1. The van der Waals surface area contributed by atoms with Gasteiger partial charge in [0.15, 0.2) is 6.10 Å². The molecule has 0 amide bonds. The molecule has 0 radical (unpaired) electrons. The Morgan fingerprint density at radius 1 is 1.90 bits per heavy atom. The Morgan fingerprint density at radius 3 is 2.70 bits per heavy atom. The zero-order valence-electron chi connectivity index (χ0n) is 5.63. The monoisotopic (exact) mass is 208 g/mol. The van der Waals surface area contributed by atoms with Crippen LogP contribution in [-0.4, -0.2) is 23.8 Å². The molecule has 0 bridgehead atoms. The number of halogens is 1. The molecule has 0 spiro atoms. The first-order chi connectivity index (χ1) is 4.54. The second-order valence-electron chi connectivity index (χ2n) is 1.81. The van der Waals surface area contributed by atoms with Crippen LogP contribution in [0.15, 0.2) is 11.1 Å². The van der Waals surface area contributed by atoms with Crippen LogP contribution in [0.3, 0.4) is 0 Å². The topological polar surface area (TPSA) is 46.5 Å². The van der Waals surface area contributed by atoms with Gasteiger partial charge in [0.1, 0.15) is 0 Å². The summed E-state index contributed by atoms with van der Waals surface area (Å²) in [7, 11) is 0. The first-order valence-electron chi connectivity index (χ1n) is 2.71. The van der Waals surface area contributed by atoms with Crippen molar-refractivity contribution in [3.05, 3.63) is 11.1 Å². The molecule has 0 aromatic heterocycles. The third-order valence-corrected chi connectivity index (χ3v) is 1.07. The van der Waals surface area contributed by atoms with Gasteiger partial charge in [-0.2, -0.15) is 0 Å². The minimum atomic E-state index is -0.964. The van der Waals surface area contributed by atoms with E-state index in [-0.39, 0.29) is 6.61 Å². The van der Waals surface area contributed by atoms with Crippen molar-refractivity contribution in [1.82, 2.24) is 0 Å². The summed E-state index contributed by atoms with van der Waals surface area (Å²) < 4.78 is 5.46. The molecule has 0 aliphatic rings. The largest absolute Gasteiger partial charge is 0.479 e. The molecule has 0 rings (SSSR count). The number of hydrogen-bond acceptors (Lipinski definition) is 2. The molecular weight excluding hydrogens is 200 g/mol. The van der Waals surface area contributed by atoms with Gasteiger partial charge in [-0.05, 0) is 6.92 Å². The Balaban J connectivity index is 3.49. The summed E-state index contributed by atoms with van der Waals surface area (Å²) in [6.07, 6.45) is -0.769. The maximum Gasteiger partial charge on any atom is 0.332 e. The molecule has 1 atom stereocenters. The lowest BCUT2D eigenvalue weighted by Crippen LogP contribution is -2.20. The van der Waals surface area contributed by atoms with Crippen molar-refractivity contribution in [2.45, 2.75) is 13.0 Å². The van der Waals surface area contributed by atoms with Gasteiger partial charge in [0.25, 0.3) is 0 Å². The predicted octanol–water partition coefficient (Wildman–Crippen LogP) is 1.38. The third kappa shape index (κ3) is 4.52. The van der Waals surface area contributed by atoms with Crippen molar-refractivity contribution >= 4 is 21.9 Å². The third-order valence-electron chi connectivity index (χ3n) is 0.838. The molecule has 0 aliphatic heterocycles. The van der Waals surface area contributed by atoms with Gasteiger partial charge in [-0.25, -0.2) is 4.79 Å². The van der Waals surface area contributed by atoms with Crippen molar-refractivity contribution in [1.29, 1.82) is 0 Å². The Hall–Kier alpha value is -0.350. The molecule has 10 heavy (non-hydrogen) atoms. The van der Waals surface area contributed by atoms with Gasteiger partial charge >= 0.3 is 5.97 Å². The second-order valence-corrected chi connectivity index (χ2v) is 2.93. The first kappa shape index (κ1) is 9.65. The van der Waals surface area contributed by atoms with E-state index in [2.05, 4.69) is 22.5 Å². The van der Waals surface area contributed by atoms with Gasteiger partial charge in [-0.3, -0.25) is 0 Å². The number of carboxylic acids is 1. The smallest absolute Gasteiger partial charge is 0.332 e. The molecule has 3 nitrogen and oxygen atoms in total. The van der Waals surface area contributed by atoms with Crippen molar-refractivity contribution in [3.8, 4) is 0 Å². The lowest BCUT2D eigenvalue weighted by atomic mass is 10.4. The summed E-state index contributed by atoms with van der Waals surface area (Å²) in [5, 5.41) is 8.32. The van der Waals surface area contributed by atoms with Crippen LogP contribution in [0.25, 0.3) is 0 Å². The molecule has 0 aromatic rings. The maximum absolute atomic E-state index is 10.1. The molecule has 4 heteroatoms. The van der Waals surface area contributed by atoms with Crippen molar-refractivity contribution in [2.24, 2.45) is 0 Å². The Kier molecular flexibility index (Phi) is 4.31. The van der Waals surface area contributed by atoms with E-state index in [9.17, 15) is 4.79 Å². The SMILES string of the molecule is C=C(Br)CO[C@H](C)C(=O)O. The van der Waals surface area contributed by atoms with E-state index in [1.807, 2.05) is 0 Å². The molecule has 58 valence electrons. The average molecular weight is 209 g/mol. The van der Waals surface area contributed by atoms with Crippen molar-refractivity contribution < 1.29 is 14.6 Å². The van der Waals surface area contributed by atoms with Gasteiger partial charge in [0.2, 0.25) is 0 Å². The highest BCUT2D eigenvalue weighted by atomic mass is 79.9. The van der Waals surface area contributed by atoms with Crippen LogP contribution in [-0.2, 0) is 9.53 Å². The molecule has 0 saturated heterocycles. The number of aliphatic carboxylic acids is 1. The van der Waals surface area contributed by atoms with E-state index in [0.717, 1.165) is 0 Å². The van der Waals surface area contributed by atoms with Gasteiger partial charge in [-0.1, -0.05) is 22.5 Å². The Labute approximate surface area is 67.8 Å². The summed E-state index contributed by atoms with van der Waals surface area (Å²) in [6, 6.07) is 0. The van der Waals surface area contributed by atoms with Crippen LogP contribution < -0.4 is 0 Å². The summed E-state index contributed by atoms with van der Waals surface area (Å²) in [4.78, 5) is 10.1. The summed E-state index contributed by atoms with van der Waals surface area (Å²) in [6.45, 7) is 5.19. The first-order valence-corrected chi connectivity index (χ1v) is 3.51. The average Bonchev–Trinajstić information content (AvgIpc) is 1.82. The molecular formula is C6H9BrO3. The number of hydrogen-bond donors (Lipinski definition) is 1. The van der Waals surface area contributed by atoms with E-state index in [1.54, 1.807) is 0 Å². The molecule has 0 unspecified atom stereocenters. The molecule has 0 fully saturated rings. The molecule has 0 aromatic carbocycles. The lowest BCUT2D eigenvalue weighted by Gasteiger charge is -2.05. The van der Waals surface area contributed by atoms with Crippen LogP contribution in [0, 0.1) is 0 Å². The predicted molar refractivity (Wildman–Crippen MR) is 41.1 cm³/mol. The maximum atomic E-state index is 10.1. The van der Waals surface area contributed by atoms with E-state index in [1.165, 1.54) is 6.92 Å². The summed E-state index contributed by atoms with van der Waals surface area (Å²) in [5.74, 6) is -0.964. The molecule has 0 heterocycles. The van der Waals surface area contributed by atoms with Gasteiger partial charge in [-0.15, -0.1) is 0 Å². The quantitative estimate of drug-likeness (QED) is 0.760. The minimum absolute atomic E-state index is 0.230. The van der Waals surface area contributed by atoms with Gasteiger partial charge in [0, 0.05) is 4.48 Å². The Morgan fingerprint density at radius 2 is 2.40 bits per heavy atom. The van der Waals surface area contributed by atoms with E-state index in [0.29, 0.717) is 4.48 Å². The van der Waals surface area contributed by atoms with Gasteiger partial charge < -0.3 is 9.84 Å². The molecule has 0 aliphatic carbocycles. The fraction of sp³-hybridized carbons (Fsp3) is 0.500. The standard InChI is InChI=1S/C6H9BrO3/c1-4(7)3-10-5(2)6(8)9/h5H,1,3H2,2H3,(H,8,9)/t5-/m1/s1. The van der Waals surface area contributed by atoms with Crippen LogP contribution in [0.5, 0.6) is 0 Å². The minimum Gasteiger partial charge on any atom is -0.479 e. The fourth-order valence-corrected chi connectivity index (χ4v) is 0.419. The summed E-state index contributed by atoms with van der Waals surface area (Å²) >= 11 is 3.04. The molecule has 1 N–H and O–H groups in total. The highest BCUT2D eigenvalue weighted by Crippen LogP contribution is 2.02. The van der Waals surface area contributed by atoms with Crippen LogP contribution in [0.4, 0.5) is 0 Å². The van der Waals surface area contributed by atoms with Crippen LogP contribution in [0.1, 0.15) is 6.92 Å². The zero-order chi connectivity index (χ0) is 8.15. The normalized spacial score (nSPS) is 12.6. The van der Waals surface area contributed by atoms with E-state index < -0.39 is 12.1 Å². The zero-order valence-corrected chi connectivity index (χ0v) is 7.22. The lowest BCUT2D eigenvalue weighted by molar-refractivity contribution is -0.148. The van der Waals surface area contributed by atoms with E-state index >= 15 is 0 Å². The van der Waals surface area contributed by atoms with Crippen LogP contribution in [0.2, 0.25) is 0 Å². The van der Waals surface area contributed by atoms with Gasteiger partial charge in [0.05, 0.1) is 6.61 Å². The van der Waals surface area contributed by atoms with Crippen molar-refractivity contribution in [2.75, 3.05) is 6.61 Å². The highest BCUT2D eigenvalue weighted by Gasteiger charge is 2.09. The van der Waals surface area contributed by atoms with Crippen LogP contribution >= 0.6 is 15.9 Å². The summed E-state index contributed by atoms with van der Waals surface area (Å²) in [5.41, 5.74) is 0. The molecule has 0 saturated carbocycles. The van der Waals surface area contributed by atoms with Crippen molar-refractivity contribution in [3.63, 3.8) is 0 Å². The fourth-order valence-electron chi connectivity index (χ4n) is 0.287. The second kappa shape index (κ2) is 4.46. The number of carboxylic acid groups (broad SMARTS) is 1. The van der Waals surface area contributed by atoms with E-state index in [4.69, 9.17) is 9.84 Å².